The molecule has 1 rings (SSSR count). The zero-order chi connectivity index (χ0) is 12.8. The molecule has 0 radical (unpaired) electrons. The zero-order valence-corrected chi connectivity index (χ0v) is 10.9. The number of hydrogen-bond donors (Lipinski definition) is 0. The first kappa shape index (κ1) is 13.4. The lowest BCUT2D eigenvalue weighted by molar-refractivity contribution is 0.310. The fraction of sp³-hybridized carbons (Fsp3) is 0.500. The topological polar surface area (TPSA) is 42.2 Å². The van der Waals surface area contributed by atoms with Crippen molar-refractivity contribution in [1.82, 2.24) is 0 Å². The maximum Gasteiger partial charge on any atom is 0.161 e. The molecular formula is C14H19NO2. The van der Waals surface area contributed by atoms with Crippen molar-refractivity contribution < 1.29 is 9.47 Å². The molecule has 3 heteroatoms. The SMILES string of the molecule is CCOc1ccc(C(C#N)C(C)C)cc1OC. The summed E-state index contributed by atoms with van der Waals surface area (Å²) < 4.78 is 10.7. The van der Waals surface area contributed by atoms with Gasteiger partial charge in [-0.2, -0.15) is 5.26 Å². The van der Waals surface area contributed by atoms with E-state index >= 15 is 0 Å². The Hall–Kier alpha value is -1.69. The molecule has 0 aliphatic carbocycles. The van der Waals surface area contributed by atoms with Crippen molar-refractivity contribution in [3.8, 4) is 17.6 Å². The summed E-state index contributed by atoms with van der Waals surface area (Å²) in [4.78, 5) is 0. The molecule has 3 nitrogen and oxygen atoms in total. The van der Waals surface area contributed by atoms with Gasteiger partial charge in [0.25, 0.3) is 0 Å². The van der Waals surface area contributed by atoms with Gasteiger partial charge < -0.3 is 9.47 Å². The van der Waals surface area contributed by atoms with Crippen LogP contribution >= 0.6 is 0 Å². The Morgan fingerprint density at radius 3 is 2.47 bits per heavy atom. The van der Waals surface area contributed by atoms with Crippen LogP contribution in [0.1, 0.15) is 32.3 Å². The van der Waals surface area contributed by atoms with Crippen LogP contribution in [0.3, 0.4) is 0 Å². The van der Waals surface area contributed by atoms with Gasteiger partial charge in [-0.1, -0.05) is 19.9 Å². The second kappa shape index (κ2) is 6.15. The molecule has 17 heavy (non-hydrogen) atoms. The number of ether oxygens (including phenoxy) is 2. The van der Waals surface area contributed by atoms with Gasteiger partial charge >= 0.3 is 0 Å². The van der Waals surface area contributed by atoms with Gasteiger partial charge in [0.15, 0.2) is 11.5 Å². The van der Waals surface area contributed by atoms with Gasteiger partial charge in [0.05, 0.1) is 25.7 Å². The van der Waals surface area contributed by atoms with Crippen LogP contribution in [0.4, 0.5) is 0 Å². The van der Waals surface area contributed by atoms with Crippen molar-refractivity contribution >= 4 is 0 Å². The molecule has 0 amide bonds. The molecule has 0 saturated heterocycles. The second-order valence-corrected chi connectivity index (χ2v) is 4.19. The number of methoxy groups -OCH3 is 1. The number of benzene rings is 1. The van der Waals surface area contributed by atoms with Crippen molar-refractivity contribution in [2.45, 2.75) is 26.7 Å². The van der Waals surface area contributed by atoms with E-state index in [9.17, 15) is 0 Å². The summed E-state index contributed by atoms with van der Waals surface area (Å²) in [6.45, 7) is 6.61. The van der Waals surface area contributed by atoms with Gasteiger partial charge in [-0.25, -0.2) is 0 Å². The van der Waals surface area contributed by atoms with E-state index in [-0.39, 0.29) is 11.8 Å². The monoisotopic (exact) mass is 233 g/mol. The summed E-state index contributed by atoms with van der Waals surface area (Å²) in [6.07, 6.45) is 0. The third-order valence-corrected chi connectivity index (χ3v) is 2.65. The minimum atomic E-state index is -0.112. The van der Waals surface area contributed by atoms with Crippen molar-refractivity contribution in [2.24, 2.45) is 5.92 Å². The highest BCUT2D eigenvalue weighted by molar-refractivity contribution is 5.45. The van der Waals surface area contributed by atoms with Crippen molar-refractivity contribution in [3.63, 3.8) is 0 Å². The molecule has 0 fully saturated rings. The summed E-state index contributed by atoms with van der Waals surface area (Å²) in [5.74, 6) is 1.58. The summed E-state index contributed by atoms with van der Waals surface area (Å²) >= 11 is 0. The number of rotatable bonds is 5. The highest BCUT2D eigenvalue weighted by atomic mass is 16.5. The number of hydrogen-bond acceptors (Lipinski definition) is 3. The van der Waals surface area contributed by atoms with E-state index < -0.39 is 0 Å². The van der Waals surface area contributed by atoms with E-state index in [1.165, 1.54) is 0 Å². The molecule has 1 aromatic rings. The Balaban J connectivity index is 3.08. The Morgan fingerprint density at radius 2 is 2.00 bits per heavy atom. The molecule has 0 aromatic heterocycles. The van der Waals surface area contributed by atoms with Crippen LogP contribution in [-0.2, 0) is 0 Å². The molecule has 0 bridgehead atoms. The van der Waals surface area contributed by atoms with Gasteiger partial charge in [-0.05, 0) is 30.5 Å². The molecule has 0 aliphatic heterocycles. The van der Waals surface area contributed by atoms with Crippen LogP contribution in [0.25, 0.3) is 0 Å². The smallest absolute Gasteiger partial charge is 0.161 e. The molecule has 1 atom stereocenters. The van der Waals surface area contributed by atoms with Crippen LogP contribution in [-0.4, -0.2) is 13.7 Å². The minimum absolute atomic E-state index is 0.112. The first-order chi connectivity index (χ1) is 8.13. The van der Waals surface area contributed by atoms with Gasteiger partial charge in [0.2, 0.25) is 0 Å². The van der Waals surface area contributed by atoms with Crippen LogP contribution in [0.15, 0.2) is 18.2 Å². The predicted octanol–water partition coefficient (Wildman–Crippen LogP) is 3.36. The summed E-state index contributed by atoms with van der Waals surface area (Å²) in [5, 5.41) is 9.16. The van der Waals surface area contributed by atoms with Crippen LogP contribution in [0.5, 0.6) is 11.5 Å². The average molecular weight is 233 g/mol. The lowest BCUT2D eigenvalue weighted by atomic mass is 9.90. The maximum atomic E-state index is 9.16. The van der Waals surface area contributed by atoms with Gasteiger partial charge in [-0.3, -0.25) is 0 Å². The molecule has 0 aliphatic rings. The van der Waals surface area contributed by atoms with E-state index in [4.69, 9.17) is 14.7 Å². The normalized spacial score (nSPS) is 12.0. The Morgan fingerprint density at radius 1 is 1.29 bits per heavy atom. The summed E-state index contributed by atoms with van der Waals surface area (Å²) in [7, 11) is 1.61. The molecular weight excluding hydrogens is 214 g/mol. The number of nitrogens with zero attached hydrogens (tertiary/aromatic N) is 1. The van der Waals surface area contributed by atoms with Crippen LogP contribution in [0, 0.1) is 17.2 Å². The zero-order valence-electron chi connectivity index (χ0n) is 10.9. The fourth-order valence-electron chi connectivity index (χ4n) is 1.76. The lowest BCUT2D eigenvalue weighted by Gasteiger charge is -2.16. The Bertz CT molecular complexity index is 407. The van der Waals surface area contributed by atoms with Crippen molar-refractivity contribution in [3.05, 3.63) is 23.8 Å². The minimum Gasteiger partial charge on any atom is -0.493 e. The summed E-state index contributed by atoms with van der Waals surface area (Å²) in [5.41, 5.74) is 0.975. The fourth-order valence-corrected chi connectivity index (χ4v) is 1.76. The van der Waals surface area contributed by atoms with E-state index in [0.717, 1.165) is 11.3 Å². The third kappa shape index (κ3) is 3.13. The molecule has 0 saturated carbocycles. The lowest BCUT2D eigenvalue weighted by Crippen LogP contribution is -2.05. The highest BCUT2D eigenvalue weighted by Crippen LogP contribution is 2.33. The second-order valence-electron chi connectivity index (χ2n) is 4.19. The average Bonchev–Trinajstić information content (AvgIpc) is 2.31. The standard InChI is InChI=1S/C14H19NO2/c1-5-17-13-7-6-11(8-14(13)16-4)12(9-15)10(2)3/h6-8,10,12H,5H2,1-4H3. The van der Waals surface area contributed by atoms with Crippen molar-refractivity contribution in [1.29, 1.82) is 5.26 Å². The molecule has 0 spiro atoms. The van der Waals surface area contributed by atoms with Gasteiger partial charge in [0.1, 0.15) is 0 Å². The van der Waals surface area contributed by atoms with E-state index in [2.05, 4.69) is 6.07 Å². The molecule has 0 N–H and O–H groups in total. The highest BCUT2D eigenvalue weighted by Gasteiger charge is 2.17. The van der Waals surface area contributed by atoms with Crippen LogP contribution < -0.4 is 9.47 Å². The molecule has 0 heterocycles. The third-order valence-electron chi connectivity index (χ3n) is 2.65. The quantitative estimate of drug-likeness (QED) is 0.783. The van der Waals surface area contributed by atoms with Gasteiger partial charge in [-0.15, -0.1) is 0 Å². The van der Waals surface area contributed by atoms with E-state index in [1.807, 2.05) is 39.0 Å². The van der Waals surface area contributed by atoms with Crippen LogP contribution in [0.2, 0.25) is 0 Å². The maximum absolute atomic E-state index is 9.16. The molecule has 92 valence electrons. The Labute approximate surface area is 103 Å². The van der Waals surface area contributed by atoms with Crippen molar-refractivity contribution in [2.75, 3.05) is 13.7 Å². The first-order valence-corrected chi connectivity index (χ1v) is 5.84. The van der Waals surface area contributed by atoms with E-state index in [0.29, 0.717) is 12.4 Å². The van der Waals surface area contributed by atoms with Gasteiger partial charge in [0, 0.05) is 0 Å². The number of nitriles is 1. The molecule has 1 aromatic carbocycles. The van der Waals surface area contributed by atoms with E-state index in [1.54, 1.807) is 7.11 Å². The largest absolute Gasteiger partial charge is 0.493 e. The summed E-state index contributed by atoms with van der Waals surface area (Å²) in [6, 6.07) is 8.01. The first-order valence-electron chi connectivity index (χ1n) is 5.84. The predicted molar refractivity (Wildman–Crippen MR) is 67.4 cm³/mol. The Kier molecular flexibility index (Phi) is 4.84. The molecule has 1 unspecified atom stereocenters.